The first-order valence-electron chi connectivity index (χ1n) is 7.33. The van der Waals surface area contributed by atoms with Crippen LogP contribution < -0.4 is 34.8 Å². The molecule has 0 amide bonds. The number of nitrogens with one attached hydrogen (secondary N) is 1. The standard InChI is InChI=1S/C6H9N3O2.2C4H8N2O2.Co.HI/c7-5(6(10)11)1-4-2-8-3-9-4;2*1-3(5-7)4(2)6-8;;/h2-3,5H,1,7H2,(H,8,9)(H,10,11);2*7-8H,1-2H3;;1H/q;;;+2;/p-2/b;2*5-3+,6-4+;;/t5-;;;;/m0..../s1. The van der Waals surface area contributed by atoms with E-state index in [2.05, 4.69) is 30.6 Å². The second-order valence-electron chi connectivity index (χ2n) is 4.95. The minimum atomic E-state index is -1.25. The molecule has 0 saturated heterocycles. The molecule has 1 atom stereocenters. The number of carboxylic acid groups (broad SMARTS) is 1. The van der Waals surface area contributed by atoms with Crippen LogP contribution in [0.25, 0.3) is 0 Å². The van der Waals surface area contributed by atoms with Crippen molar-refractivity contribution in [2.24, 2.45) is 26.4 Å². The molecule has 0 unspecified atom stereocenters. The number of hydrogen-bond acceptors (Lipinski definition) is 12. The van der Waals surface area contributed by atoms with E-state index < -0.39 is 12.0 Å². The Morgan fingerprint density at radius 1 is 1.03 bits per heavy atom. The molecule has 13 nitrogen and oxygen atoms in total. The first kappa shape index (κ1) is 34.3. The largest absolute Gasteiger partial charge is 2.00 e. The topological polar surface area (TPSA) is 225 Å². The number of aliphatic carboxylic acids is 1. The van der Waals surface area contributed by atoms with E-state index in [0.717, 1.165) is 0 Å². The summed E-state index contributed by atoms with van der Waals surface area (Å²) < 4.78 is 0. The normalized spacial score (nSPS) is 12.7. The van der Waals surface area contributed by atoms with Crippen LogP contribution in [0.1, 0.15) is 33.4 Å². The summed E-state index contributed by atoms with van der Waals surface area (Å²) in [6.45, 7) is 6.15. The second kappa shape index (κ2) is 20.5. The molecule has 0 bridgehead atoms. The fourth-order valence-electron chi connectivity index (χ4n) is 1.01. The van der Waals surface area contributed by atoms with Crippen LogP contribution in [0.4, 0.5) is 0 Å². The molecular weight excluding hydrogens is 548 g/mol. The Morgan fingerprint density at radius 3 is 1.59 bits per heavy atom. The molecule has 0 saturated carbocycles. The van der Waals surface area contributed by atoms with Crippen LogP contribution in [-0.2, 0) is 28.0 Å². The molecule has 1 rings (SSSR count). The number of rotatable bonds is 5. The number of H-pyrrole nitrogens is 1. The average molecular weight is 572 g/mol. The van der Waals surface area contributed by atoms with Gasteiger partial charge in [0.05, 0.1) is 12.3 Å². The molecule has 0 fully saturated rings. The van der Waals surface area contributed by atoms with Crippen molar-refractivity contribution in [3.63, 3.8) is 0 Å². The average Bonchev–Trinajstić information content (AvgIpc) is 3.19. The zero-order chi connectivity index (χ0) is 21.4. The van der Waals surface area contributed by atoms with Gasteiger partial charge in [-0.2, -0.15) is 0 Å². The molecule has 29 heavy (non-hydrogen) atoms. The predicted molar refractivity (Wildman–Crippen MR) is 94.9 cm³/mol. The van der Waals surface area contributed by atoms with E-state index in [1.54, 1.807) is 0 Å². The van der Waals surface area contributed by atoms with Crippen molar-refractivity contribution in [3.8, 4) is 0 Å². The van der Waals surface area contributed by atoms with E-state index in [0.29, 0.717) is 28.5 Å². The number of nitrogens with zero attached hydrogens (tertiary/aromatic N) is 5. The van der Waals surface area contributed by atoms with Crippen LogP contribution >= 0.6 is 0 Å². The van der Waals surface area contributed by atoms with Gasteiger partial charge in [0, 0.05) is 24.4 Å². The van der Waals surface area contributed by atoms with Crippen LogP contribution in [-0.4, -0.2) is 65.7 Å². The number of aromatic nitrogens is 2. The number of hydrogen-bond donors (Lipinski definition) is 6. The van der Waals surface area contributed by atoms with Crippen molar-refractivity contribution in [3.05, 3.63) is 18.2 Å². The Kier molecular flexibility index (Phi) is 24.2. The van der Waals surface area contributed by atoms with E-state index >= 15 is 0 Å². The number of oxime groups is 4. The third kappa shape index (κ3) is 17.6. The molecule has 1 aromatic heterocycles. The first-order chi connectivity index (χ1) is 12.6. The van der Waals surface area contributed by atoms with Gasteiger partial charge in [0.25, 0.3) is 0 Å². The Morgan fingerprint density at radius 2 is 1.38 bits per heavy atom. The molecule has 0 spiro atoms. The van der Waals surface area contributed by atoms with Crippen molar-refractivity contribution >= 4 is 28.8 Å². The molecule has 0 aliphatic heterocycles. The summed E-state index contributed by atoms with van der Waals surface area (Å²) in [4.78, 5) is 16.6. The Labute approximate surface area is 194 Å². The molecule has 7 N–H and O–H groups in total. The summed E-state index contributed by atoms with van der Waals surface area (Å²) >= 11 is 0. The van der Waals surface area contributed by atoms with Gasteiger partial charge in [-0.1, -0.05) is 20.6 Å². The summed E-state index contributed by atoms with van der Waals surface area (Å²) in [5.41, 5.74) is 7.14. The predicted octanol–water partition coefficient (Wildman–Crippen LogP) is -3.60. The van der Waals surface area contributed by atoms with Crippen molar-refractivity contribution in [1.82, 2.24) is 9.97 Å². The number of halogens is 1. The molecule has 167 valence electrons. The van der Waals surface area contributed by atoms with Crippen LogP contribution in [0.2, 0.25) is 0 Å². The maximum atomic E-state index is 10.2. The van der Waals surface area contributed by atoms with E-state index in [1.165, 1.54) is 40.2 Å². The smallest absolute Gasteiger partial charge is 1.00 e. The minimum absolute atomic E-state index is 0. The molecule has 0 aliphatic rings. The summed E-state index contributed by atoms with van der Waals surface area (Å²) in [5.74, 6) is -1.25. The van der Waals surface area contributed by atoms with Crippen LogP contribution in [0.3, 0.4) is 0 Å². The van der Waals surface area contributed by atoms with Gasteiger partial charge in [-0.3, -0.25) is 0 Å². The van der Waals surface area contributed by atoms with Crippen molar-refractivity contribution in [2.45, 2.75) is 40.2 Å². The van der Waals surface area contributed by atoms with Crippen LogP contribution in [0.15, 0.2) is 33.1 Å². The monoisotopic (exact) mass is 572 g/mol. The number of aromatic amines is 1. The number of carbonyl (C=O) groups is 1. The molecular formula is C14H24CoIN7O6. The minimum Gasteiger partial charge on any atom is -1.00 e. The maximum Gasteiger partial charge on any atom is 2.00 e. The molecule has 1 aromatic rings. The summed E-state index contributed by atoms with van der Waals surface area (Å²) in [7, 11) is 0. The van der Waals surface area contributed by atoms with Crippen molar-refractivity contribution in [2.75, 3.05) is 0 Å². The Balaban J connectivity index is -0.000000160. The van der Waals surface area contributed by atoms with Gasteiger partial charge in [0.1, 0.15) is 22.8 Å². The fraction of sp³-hybridized carbons (Fsp3) is 0.429. The third-order valence-corrected chi connectivity index (χ3v) is 2.94. The summed E-state index contributed by atoms with van der Waals surface area (Å²) in [6, 6.07) is -0.963. The van der Waals surface area contributed by atoms with Gasteiger partial charge in [-0.15, -0.1) is 0 Å². The Hall–Kier alpha value is -2.24. The van der Waals surface area contributed by atoms with Gasteiger partial charge in [0.2, 0.25) is 0 Å². The maximum absolute atomic E-state index is 10.2. The first-order valence-corrected chi connectivity index (χ1v) is 7.33. The SMILES string of the molecule is CC(=N\O)/C(C)=N/O.CC(=N\O)/C(C)=N/O.N[C@@H](Cc1cnc[nH]1)C(=O)[O-].[Co+2].[I-]. The number of nitrogens with two attached hydrogens (primary N) is 1. The van der Waals surface area contributed by atoms with E-state index in [1.807, 2.05) is 0 Å². The fourth-order valence-corrected chi connectivity index (χ4v) is 1.01. The zero-order valence-corrected chi connectivity index (χ0v) is 19.3. The molecule has 1 heterocycles. The number of carbonyl (C=O) groups excluding carboxylic acids is 1. The van der Waals surface area contributed by atoms with Gasteiger partial charge in [0.15, 0.2) is 0 Å². The quantitative estimate of drug-likeness (QED) is 0.0893. The molecule has 0 aliphatic carbocycles. The van der Waals surface area contributed by atoms with Crippen LogP contribution in [0, 0.1) is 0 Å². The summed E-state index contributed by atoms with van der Waals surface area (Å²) in [6.07, 6.45) is 3.22. The number of carboxylic acids is 1. The van der Waals surface area contributed by atoms with E-state index in [-0.39, 0.29) is 47.2 Å². The second-order valence-corrected chi connectivity index (χ2v) is 4.95. The van der Waals surface area contributed by atoms with Gasteiger partial charge in [-0.05, 0) is 27.7 Å². The third-order valence-electron chi connectivity index (χ3n) is 2.94. The molecule has 1 radical (unpaired) electrons. The zero-order valence-electron chi connectivity index (χ0n) is 16.1. The van der Waals surface area contributed by atoms with Crippen molar-refractivity contribution in [1.29, 1.82) is 0 Å². The number of imidazole rings is 1. The van der Waals surface area contributed by atoms with E-state index in [4.69, 9.17) is 26.6 Å². The Bertz CT molecular complexity index is 616. The molecule has 15 heteroatoms. The van der Waals surface area contributed by atoms with Crippen molar-refractivity contribution < 1.29 is 71.5 Å². The van der Waals surface area contributed by atoms with Gasteiger partial charge >= 0.3 is 16.8 Å². The van der Waals surface area contributed by atoms with Gasteiger partial charge < -0.3 is 65.4 Å². The molecule has 0 aromatic carbocycles. The van der Waals surface area contributed by atoms with E-state index in [9.17, 15) is 9.90 Å². The van der Waals surface area contributed by atoms with Crippen LogP contribution in [0.5, 0.6) is 0 Å². The van der Waals surface area contributed by atoms with Gasteiger partial charge in [-0.25, -0.2) is 4.98 Å². The summed E-state index contributed by atoms with van der Waals surface area (Å²) in [5, 5.41) is 53.4.